The molecule has 80 valence electrons. The van der Waals surface area contributed by atoms with E-state index < -0.39 is 0 Å². The van der Waals surface area contributed by atoms with Crippen LogP contribution in [0.25, 0.3) is 0 Å². The average molecular weight is 206 g/mol. The minimum absolute atomic E-state index is 0.0337. The summed E-state index contributed by atoms with van der Waals surface area (Å²) in [5, 5.41) is 5.85. The summed E-state index contributed by atoms with van der Waals surface area (Å²) < 4.78 is 0. The molecule has 0 saturated carbocycles. The molecule has 5 heteroatoms. The Morgan fingerprint density at radius 1 is 1.60 bits per heavy atom. The van der Waals surface area contributed by atoms with E-state index in [9.17, 15) is 4.79 Å². The number of anilines is 1. The number of amides is 1. The number of aryl methyl sites for hydroxylation is 1. The summed E-state index contributed by atoms with van der Waals surface area (Å²) in [6.45, 7) is 2.67. The van der Waals surface area contributed by atoms with Crippen molar-refractivity contribution in [2.75, 3.05) is 11.9 Å². The van der Waals surface area contributed by atoms with Gasteiger partial charge in [-0.05, 0) is 25.8 Å². The van der Waals surface area contributed by atoms with Crippen LogP contribution in [0.5, 0.6) is 0 Å². The Balaban J connectivity index is 2.04. The van der Waals surface area contributed by atoms with E-state index in [1.54, 1.807) is 6.20 Å². The summed E-state index contributed by atoms with van der Waals surface area (Å²) in [6, 6.07) is 1.63. The maximum absolute atomic E-state index is 11.5. The highest BCUT2D eigenvalue weighted by molar-refractivity contribution is 5.84. The van der Waals surface area contributed by atoms with Crippen LogP contribution < -0.4 is 10.6 Å². The van der Waals surface area contributed by atoms with Crippen molar-refractivity contribution in [3.63, 3.8) is 0 Å². The third kappa shape index (κ3) is 2.43. The number of hydrogen-bond donors (Lipinski definition) is 2. The highest BCUT2D eigenvalue weighted by Gasteiger charge is 2.22. The van der Waals surface area contributed by atoms with E-state index in [2.05, 4.69) is 20.6 Å². The predicted molar refractivity (Wildman–Crippen MR) is 56.4 cm³/mol. The maximum atomic E-state index is 11.5. The topological polar surface area (TPSA) is 66.9 Å². The Morgan fingerprint density at radius 3 is 3.20 bits per heavy atom. The SMILES string of the molecule is Cc1ccnc(NC2CCCNC2=O)n1. The first-order valence-corrected chi connectivity index (χ1v) is 5.09. The Hall–Kier alpha value is -1.65. The highest BCUT2D eigenvalue weighted by Crippen LogP contribution is 2.08. The minimum atomic E-state index is -0.194. The summed E-state index contributed by atoms with van der Waals surface area (Å²) >= 11 is 0. The number of nitrogens with one attached hydrogen (secondary N) is 2. The first-order chi connectivity index (χ1) is 7.25. The molecule has 2 N–H and O–H groups in total. The summed E-state index contributed by atoms with van der Waals surface area (Å²) in [5.41, 5.74) is 0.892. The van der Waals surface area contributed by atoms with Crippen LogP contribution in [0.4, 0.5) is 5.95 Å². The predicted octanol–water partition coefficient (Wildman–Crippen LogP) is 0.476. The van der Waals surface area contributed by atoms with E-state index in [0.717, 1.165) is 25.1 Å². The second-order valence-corrected chi connectivity index (χ2v) is 3.65. The fraction of sp³-hybridized carbons (Fsp3) is 0.500. The molecule has 0 aromatic carbocycles. The molecule has 15 heavy (non-hydrogen) atoms. The molecule has 1 aromatic rings. The van der Waals surface area contributed by atoms with Gasteiger partial charge in [0.2, 0.25) is 11.9 Å². The molecule has 0 radical (unpaired) electrons. The van der Waals surface area contributed by atoms with Crippen molar-refractivity contribution in [1.29, 1.82) is 0 Å². The van der Waals surface area contributed by atoms with Crippen molar-refractivity contribution < 1.29 is 4.79 Å². The lowest BCUT2D eigenvalue weighted by Gasteiger charge is -2.22. The van der Waals surface area contributed by atoms with Gasteiger partial charge in [-0.2, -0.15) is 0 Å². The van der Waals surface area contributed by atoms with Gasteiger partial charge in [-0.15, -0.1) is 0 Å². The number of aromatic nitrogens is 2. The Morgan fingerprint density at radius 2 is 2.47 bits per heavy atom. The van der Waals surface area contributed by atoms with Crippen molar-refractivity contribution in [1.82, 2.24) is 15.3 Å². The summed E-state index contributed by atoms with van der Waals surface area (Å²) in [4.78, 5) is 19.7. The van der Waals surface area contributed by atoms with Crippen molar-refractivity contribution in [2.24, 2.45) is 0 Å². The zero-order valence-corrected chi connectivity index (χ0v) is 8.66. The lowest BCUT2D eigenvalue weighted by atomic mass is 10.1. The molecule has 5 nitrogen and oxygen atoms in total. The van der Waals surface area contributed by atoms with E-state index >= 15 is 0 Å². The largest absolute Gasteiger partial charge is 0.354 e. The third-order valence-corrected chi connectivity index (χ3v) is 2.38. The van der Waals surface area contributed by atoms with Crippen molar-refractivity contribution in [3.05, 3.63) is 18.0 Å². The van der Waals surface area contributed by atoms with Gasteiger partial charge in [-0.25, -0.2) is 9.97 Å². The first-order valence-electron chi connectivity index (χ1n) is 5.09. The molecule has 2 heterocycles. The Kier molecular flexibility index (Phi) is 2.80. The van der Waals surface area contributed by atoms with E-state index in [4.69, 9.17) is 0 Å². The molecule has 1 aliphatic heterocycles. The quantitative estimate of drug-likeness (QED) is 0.738. The zero-order chi connectivity index (χ0) is 10.7. The lowest BCUT2D eigenvalue weighted by molar-refractivity contribution is -0.123. The monoisotopic (exact) mass is 206 g/mol. The fourth-order valence-corrected chi connectivity index (χ4v) is 1.58. The molecular formula is C10H14N4O. The molecule has 1 fully saturated rings. The van der Waals surface area contributed by atoms with Crippen LogP contribution in [0.2, 0.25) is 0 Å². The van der Waals surface area contributed by atoms with E-state index in [0.29, 0.717) is 5.95 Å². The van der Waals surface area contributed by atoms with Crippen LogP contribution in [0.15, 0.2) is 12.3 Å². The maximum Gasteiger partial charge on any atom is 0.242 e. The lowest BCUT2D eigenvalue weighted by Crippen LogP contribution is -2.44. The van der Waals surface area contributed by atoms with Gasteiger partial charge >= 0.3 is 0 Å². The van der Waals surface area contributed by atoms with Crippen LogP contribution in [0.3, 0.4) is 0 Å². The van der Waals surface area contributed by atoms with Crippen molar-refractivity contribution in [2.45, 2.75) is 25.8 Å². The zero-order valence-electron chi connectivity index (χ0n) is 8.66. The molecule has 1 amide bonds. The van der Waals surface area contributed by atoms with Crippen molar-refractivity contribution in [3.8, 4) is 0 Å². The Labute approximate surface area is 88.3 Å². The molecule has 2 rings (SSSR count). The van der Waals surface area contributed by atoms with Gasteiger partial charge in [0.05, 0.1) is 0 Å². The Bertz CT molecular complexity index is 366. The minimum Gasteiger partial charge on any atom is -0.354 e. The molecule has 1 aromatic heterocycles. The molecule has 0 aliphatic carbocycles. The number of rotatable bonds is 2. The van der Waals surface area contributed by atoms with Crippen LogP contribution in [-0.4, -0.2) is 28.5 Å². The number of piperidine rings is 1. The smallest absolute Gasteiger partial charge is 0.242 e. The standard InChI is InChI=1S/C10H14N4O/c1-7-4-6-12-10(13-7)14-8-3-2-5-11-9(8)15/h4,6,8H,2-3,5H2,1H3,(H,11,15)(H,12,13,14). The summed E-state index contributed by atoms with van der Waals surface area (Å²) in [6.07, 6.45) is 3.52. The van der Waals surface area contributed by atoms with Gasteiger partial charge in [0, 0.05) is 18.4 Å². The molecule has 1 atom stereocenters. The van der Waals surface area contributed by atoms with Gasteiger partial charge in [-0.1, -0.05) is 0 Å². The molecular weight excluding hydrogens is 192 g/mol. The second-order valence-electron chi connectivity index (χ2n) is 3.65. The van der Waals surface area contributed by atoms with E-state index in [1.165, 1.54) is 0 Å². The average Bonchev–Trinajstić information content (AvgIpc) is 2.22. The van der Waals surface area contributed by atoms with Crippen LogP contribution in [0, 0.1) is 6.92 Å². The van der Waals surface area contributed by atoms with Crippen LogP contribution in [0.1, 0.15) is 18.5 Å². The van der Waals surface area contributed by atoms with Gasteiger partial charge in [-0.3, -0.25) is 4.79 Å². The van der Waals surface area contributed by atoms with Gasteiger partial charge < -0.3 is 10.6 Å². The number of carbonyl (C=O) groups is 1. The first kappa shape index (κ1) is 9.89. The van der Waals surface area contributed by atoms with Gasteiger partial charge in [0.25, 0.3) is 0 Å². The molecule has 1 unspecified atom stereocenters. The van der Waals surface area contributed by atoms with E-state index in [1.807, 2.05) is 13.0 Å². The molecule has 0 bridgehead atoms. The van der Waals surface area contributed by atoms with Gasteiger partial charge in [0.1, 0.15) is 6.04 Å². The number of hydrogen-bond acceptors (Lipinski definition) is 4. The van der Waals surface area contributed by atoms with E-state index in [-0.39, 0.29) is 11.9 Å². The van der Waals surface area contributed by atoms with Crippen LogP contribution >= 0.6 is 0 Å². The molecule has 1 saturated heterocycles. The number of nitrogens with zero attached hydrogens (tertiary/aromatic N) is 2. The fourth-order valence-electron chi connectivity index (χ4n) is 1.58. The normalized spacial score (nSPS) is 20.9. The van der Waals surface area contributed by atoms with Gasteiger partial charge in [0.15, 0.2) is 0 Å². The molecule has 1 aliphatic rings. The van der Waals surface area contributed by atoms with Crippen molar-refractivity contribution >= 4 is 11.9 Å². The second kappa shape index (κ2) is 4.25. The summed E-state index contributed by atoms with van der Waals surface area (Å²) in [5.74, 6) is 0.559. The van der Waals surface area contributed by atoms with Crippen LogP contribution in [-0.2, 0) is 4.79 Å². The highest BCUT2D eigenvalue weighted by atomic mass is 16.2. The number of carbonyl (C=O) groups excluding carboxylic acids is 1. The third-order valence-electron chi connectivity index (χ3n) is 2.38. The summed E-state index contributed by atoms with van der Waals surface area (Å²) in [7, 11) is 0. The molecule has 0 spiro atoms.